The number of aliphatic hydroxyl groups is 1. The lowest BCUT2D eigenvalue weighted by Gasteiger charge is -2.33. The first-order valence-corrected chi connectivity index (χ1v) is 8.90. The molecule has 1 unspecified atom stereocenters. The van der Waals surface area contributed by atoms with Crippen LogP contribution in [0.3, 0.4) is 0 Å². The highest BCUT2D eigenvalue weighted by Crippen LogP contribution is 2.27. The van der Waals surface area contributed by atoms with Gasteiger partial charge in [-0.05, 0) is 36.1 Å². The summed E-state index contributed by atoms with van der Waals surface area (Å²) in [5, 5.41) is 9.38. The maximum atomic E-state index is 9.38. The summed E-state index contributed by atoms with van der Waals surface area (Å²) in [5.74, 6) is 0. The number of hydrogen-bond acceptors (Lipinski definition) is 2. The molecule has 0 fully saturated rings. The molecule has 101 valence electrons. The average molecular weight is 265 g/mol. The second-order valence-electron chi connectivity index (χ2n) is 6.01. The van der Waals surface area contributed by atoms with Crippen LogP contribution in [0.4, 0.5) is 0 Å². The predicted octanol–water partition coefficient (Wildman–Crippen LogP) is 3.40. The van der Waals surface area contributed by atoms with Gasteiger partial charge in [-0.1, -0.05) is 45.0 Å². The average Bonchev–Trinajstić information content (AvgIpc) is 2.27. The van der Waals surface area contributed by atoms with Gasteiger partial charge in [-0.15, -0.1) is 0 Å². The zero-order chi connectivity index (χ0) is 13.8. The molecule has 1 aromatic carbocycles. The molecule has 1 radical (unpaired) electrons. The molecule has 3 heteroatoms. The maximum absolute atomic E-state index is 9.38. The lowest BCUT2D eigenvalue weighted by molar-refractivity contribution is 0.0862. The van der Waals surface area contributed by atoms with E-state index in [2.05, 4.69) is 39.9 Å². The van der Waals surface area contributed by atoms with Crippen LogP contribution in [0.5, 0.6) is 0 Å². The van der Waals surface area contributed by atoms with E-state index in [9.17, 15) is 5.11 Å². The molecule has 0 aliphatic heterocycles. The van der Waals surface area contributed by atoms with Gasteiger partial charge in [-0.3, -0.25) is 0 Å². The molecule has 1 N–H and O–H groups in total. The van der Waals surface area contributed by atoms with Gasteiger partial charge >= 0.3 is 0 Å². The minimum Gasteiger partial charge on any atom is -0.413 e. The summed E-state index contributed by atoms with van der Waals surface area (Å²) in [6.07, 6.45) is 1.07. The van der Waals surface area contributed by atoms with Gasteiger partial charge in [0.2, 0.25) is 9.04 Å². The molecule has 0 heterocycles. The van der Waals surface area contributed by atoms with Crippen molar-refractivity contribution in [2.75, 3.05) is 0 Å². The highest BCUT2D eigenvalue weighted by Gasteiger charge is 2.27. The van der Waals surface area contributed by atoms with Crippen LogP contribution in [0.1, 0.15) is 31.9 Å². The fraction of sp³-hybridized carbons (Fsp3) is 0.600. The second-order valence-corrected chi connectivity index (χ2v) is 8.06. The normalized spacial score (nSPS) is 13.9. The number of benzene rings is 1. The molecule has 0 aliphatic carbocycles. The van der Waals surface area contributed by atoms with Crippen molar-refractivity contribution in [3.63, 3.8) is 0 Å². The molecule has 0 saturated carbocycles. The molecule has 0 spiro atoms. The largest absolute Gasteiger partial charge is 0.413 e. The molecular weight excluding hydrogens is 240 g/mol. The zero-order valence-corrected chi connectivity index (χ0v) is 13.2. The third-order valence-electron chi connectivity index (χ3n) is 3.04. The highest BCUT2D eigenvalue weighted by molar-refractivity contribution is 6.48. The van der Waals surface area contributed by atoms with E-state index in [1.54, 1.807) is 0 Å². The summed E-state index contributed by atoms with van der Waals surface area (Å²) < 4.78 is 6.14. The summed E-state index contributed by atoms with van der Waals surface area (Å²) in [4.78, 5) is 0. The molecule has 18 heavy (non-hydrogen) atoms. The summed E-state index contributed by atoms with van der Waals surface area (Å²) >= 11 is 0. The van der Waals surface area contributed by atoms with Crippen molar-refractivity contribution >= 4 is 9.04 Å². The third-order valence-corrected chi connectivity index (χ3v) is 3.79. The molecule has 0 bridgehead atoms. The zero-order valence-electron chi connectivity index (χ0n) is 12.2. The van der Waals surface area contributed by atoms with E-state index in [-0.39, 0.29) is 18.1 Å². The van der Waals surface area contributed by atoms with E-state index < -0.39 is 9.04 Å². The van der Waals surface area contributed by atoms with Crippen LogP contribution in [0.2, 0.25) is 13.1 Å². The van der Waals surface area contributed by atoms with Crippen molar-refractivity contribution in [1.82, 2.24) is 0 Å². The van der Waals surface area contributed by atoms with E-state index in [0.717, 1.165) is 12.0 Å². The van der Waals surface area contributed by atoms with Crippen molar-refractivity contribution in [3.8, 4) is 0 Å². The van der Waals surface area contributed by atoms with Crippen LogP contribution in [-0.2, 0) is 17.5 Å². The Kier molecular flexibility index (Phi) is 5.57. The minimum absolute atomic E-state index is 0.100. The van der Waals surface area contributed by atoms with Gasteiger partial charge in [0.1, 0.15) is 0 Å². The van der Waals surface area contributed by atoms with E-state index >= 15 is 0 Å². The van der Waals surface area contributed by atoms with Crippen molar-refractivity contribution in [2.24, 2.45) is 5.41 Å². The topological polar surface area (TPSA) is 29.5 Å². The van der Waals surface area contributed by atoms with E-state index in [4.69, 9.17) is 4.43 Å². The first kappa shape index (κ1) is 15.4. The Bertz CT molecular complexity index is 369. The SMILES string of the molecule is C[Si](C)OC(Cc1ccccc1CO)C(C)(C)C. The van der Waals surface area contributed by atoms with Crippen molar-refractivity contribution in [2.45, 2.75) is 53.0 Å². The highest BCUT2D eigenvalue weighted by atomic mass is 28.3. The van der Waals surface area contributed by atoms with Crippen LogP contribution in [-0.4, -0.2) is 20.3 Å². The number of hydrogen-bond donors (Lipinski definition) is 1. The Balaban J connectivity index is 2.89. The monoisotopic (exact) mass is 265 g/mol. The maximum Gasteiger partial charge on any atom is 0.205 e. The first-order valence-electron chi connectivity index (χ1n) is 6.49. The number of aliphatic hydroxyl groups excluding tert-OH is 1. The van der Waals surface area contributed by atoms with Gasteiger partial charge in [-0.2, -0.15) is 0 Å². The molecule has 0 aromatic heterocycles. The van der Waals surface area contributed by atoms with Crippen LogP contribution < -0.4 is 0 Å². The second kappa shape index (κ2) is 6.50. The Morgan fingerprint density at radius 2 is 1.72 bits per heavy atom. The summed E-state index contributed by atoms with van der Waals surface area (Å²) in [6.45, 7) is 11.1. The van der Waals surface area contributed by atoms with Gasteiger partial charge in [0.15, 0.2) is 0 Å². The first-order chi connectivity index (χ1) is 8.34. The van der Waals surface area contributed by atoms with Crippen LogP contribution in [0, 0.1) is 5.41 Å². The van der Waals surface area contributed by atoms with E-state index in [0.29, 0.717) is 0 Å². The lowest BCUT2D eigenvalue weighted by Crippen LogP contribution is -2.35. The number of rotatable bonds is 5. The van der Waals surface area contributed by atoms with Crippen molar-refractivity contribution in [3.05, 3.63) is 35.4 Å². The molecule has 1 aromatic rings. The van der Waals surface area contributed by atoms with Gasteiger partial charge < -0.3 is 9.53 Å². The Morgan fingerprint density at radius 3 is 2.17 bits per heavy atom. The van der Waals surface area contributed by atoms with E-state index in [1.807, 2.05) is 18.2 Å². The smallest absolute Gasteiger partial charge is 0.205 e. The van der Waals surface area contributed by atoms with Crippen LogP contribution in [0.25, 0.3) is 0 Å². The molecule has 1 rings (SSSR count). The third kappa shape index (κ3) is 4.56. The molecule has 2 nitrogen and oxygen atoms in total. The fourth-order valence-corrected chi connectivity index (χ4v) is 2.93. The van der Waals surface area contributed by atoms with Gasteiger partial charge in [0.25, 0.3) is 0 Å². The fourth-order valence-electron chi connectivity index (χ4n) is 1.92. The van der Waals surface area contributed by atoms with Crippen molar-refractivity contribution < 1.29 is 9.53 Å². The Labute approximate surface area is 113 Å². The van der Waals surface area contributed by atoms with Gasteiger partial charge in [-0.25, -0.2) is 0 Å². The Hall–Kier alpha value is -0.643. The molecule has 0 aliphatic rings. The molecule has 1 atom stereocenters. The molecule has 0 saturated heterocycles. The van der Waals surface area contributed by atoms with Gasteiger partial charge in [0, 0.05) is 0 Å². The molecular formula is C15H25O2Si. The van der Waals surface area contributed by atoms with Gasteiger partial charge in [0.05, 0.1) is 12.7 Å². The summed E-state index contributed by atoms with van der Waals surface area (Å²) in [6, 6.07) is 8.07. The standard InChI is InChI=1S/C15H25O2Si/c1-15(2,3)14(17-18(4)5)10-12-8-6-7-9-13(12)11-16/h6-9,14,16H,10-11H2,1-5H3. The minimum atomic E-state index is -0.717. The summed E-state index contributed by atoms with van der Waals surface area (Å²) in [5.41, 5.74) is 2.32. The van der Waals surface area contributed by atoms with Crippen molar-refractivity contribution in [1.29, 1.82) is 0 Å². The Morgan fingerprint density at radius 1 is 1.17 bits per heavy atom. The van der Waals surface area contributed by atoms with Crippen LogP contribution >= 0.6 is 0 Å². The van der Waals surface area contributed by atoms with E-state index in [1.165, 1.54) is 5.56 Å². The van der Waals surface area contributed by atoms with Crippen LogP contribution in [0.15, 0.2) is 24.3 Å². The summed E-state index contributed by atoms with van der Waals surface area (Å²) in [7, 11) is -0.717. The lowest BCUT2D eigenvalue weighted by atomic mass is 9.84. The quantitative estimate of drug-likeness (QED) is 0.827. The molecule has 0 amide bonds. The predicted molar refractivity (Wildman–Crippen MR) is 77.9 cm³/mol.